The van der Waals surface area contributed by atoms with Gasteiger partial charge in [-0.15, -0.1) is 0 Å². The molecule has 1 atom stereocenters. The highest BCUT2D eigenvalue weighted by atomic mass is 35.5. The van der Waals surface area contributed by atoms with Crippen molar-refractivity contribution in [3.8, 4) is 11.3 Å². The van der Waals surface area contributed by atoms with Crippen LogP contribution in [0.15, 0.2) is 67.1 Å². The number of hydrogen-bond acceptors (Lipinski definition) is 5. The van der Waals surface area contributed by atoms with E-state index < -0.39 is 6.09 Å². The molecule has 0 amide bonds. The van der Waals surface area contributed by atoms with Crippen molar-refractivity contribution in [1.82, 2.24) is 19.5 Å². The van der Waals surface area contributed by atoms with Gasteiger partial charge in [0.25, 0.3) is 0 Å². The van der Waals surface area contributed by atoms with Gasteiger partial charge in [-0.25, -0.2) is 24.3 Å². The number of imidazole rings is 1. The number of halogens is 1. The second kappa shape index (κ2) is 9.96. The Morgan fingerprint density at radius 1 is 1.06 bits per heavy atom. The molecule has 6 nitrogen and oxygen atoms in total. The number of carbonyl (C=O) groups is 1. The first-order valence-electron chi connectivity index (χ1n) is 10.8. The molecular formula is C26H25ClN4O2. The maximum Gasteiger partial charge on any atom is 0.419 e. The standard InChI is InChI=1S/C26H25ClN4O2/c1-17-7-6-10-21(18(17)2)19(3)24-28-14-15-31(24)26(32)33-16-12-20-8-4-5-9-22(20)23-11-13-29-25(27)30-23/h4-11,13-15,19H,12,16H2,1-3H3/t19-/m0/s1. The van der Waals surface area contributed by atoms with E-state index in [1.54, 1.807) is 18.6 Å². The molecule has 0 N–H and O–H groups in total. The number of benzene rings is 2. The topological polar surface area (TPSA) is 69.9 Å². The van der Waals surface area contributed by atoms with Crippen molar-refractivity contribution in [3.05, 3.63) is 100 Å². The third-order valence-corrected chi connectivity index (χ3v) is 6.06. The fraction of sp³-hybridized carbons (Fsp3) is 0.231. The lowest BCUT2D eigenvalue weighted by molar-refractivity contribution is 0.148. The Morgan fingerprint density at radius 2 is 1.88 bits per heavy atom. The third kappa shape index (κ3) is 4.96. The zero-order chi connectivity index (χ0) is 23.4. The molecule has 2 aromatic heterocycles. The Balaban J connectivity index is 1.47. The summed E-state index contributed by atoms with van der Waals surface area (Å²) in [6, 6.07) is 15.8. The van der Waals surface area contributed by atoms with Gasteiger partial charge < -0.3 is 4.74 Å². The molecule has 0 fully saturated rings. The van der Waals surface area contributed by atoms with Gasteiger partial charge in [0.15, 0.2) is 0 Å². The van der Waals surface area contributed by atoms with Crippen molar-refractivity contribution in [2.45, 2.75) is 33.1 Å². The molecule has 0 bridgehead atoms. The number of ether oxygens (including phenoxy) is 1. The van der Waals surface area contributed by atoms with Crippen LogP contribution in [-0.4, -0.2) is 32.2 Å². The van der Waals surface area contributed by atoms with Gasteiger partial charge in [0.05, 0.1) is 12.3 Å². The van der Waals surface area contributed by atoms with Gasteiger partial charge in [-0.1, -0.05) is 49.4 Å². The van der Waals surface area contributed by atoms with Gasteiger partial charge in [0.2, 0.25) is 5.28 Å². The van der Waals surface area contributed by atoms with E-state index in [9.17, 15) is 4.79 Å². The van der Waals surface area contributed by atoms with E-state index >= 15 is 0 Å². The second-order valence-electron chi connectivity index (χ2n) is 7.90. The minimum atomic E-state index is -0.442. The fourth-order valence-electron chi connectivity index (χ4n) is 3.96. The van der Waals surface area contributed by atoms with E-state index in [4.69, 9.17) is 16.3 Å². The van der Waals surface area contributed by atoms with Crippen LogP contribution in [-0.2, 0) is 11.2 Å². The molecule has 0 saturated carbocycles. The molecule has 33 heavy (non-hydrogen) atoms. The maximum atomic E-state index is 12.9. The Morgan fingerprint density at radius 3 is 2.70 bits per heavy atom. The number of aromatic nitrogens is 4. The molecule has 0 unspecified atom stereocenters. The molecule has 4 rings (SSSR count). The fourth-order valence-corrected chi connectivity index (χ4v) is 4.11. The summed E-state index contributed by atoms with van der Waals surface area (Å²) in [7, 11) is 0. The van der Waals surface area contributed by atoms with Crippen molar-refractivity contribution in [3.63, 3.8) is 0 Å². The van der Waals surface area contributed by atoms with Crippen LogP contribution in [0.4, 0.5) is 4.79 Å². The van der Waals surface area contributed by atoms with E-state index in [0.717, 1.165) is 22.4 Å². The van der Waals surface area contributed by atoms with E-state index in [2.05, 4.69) is 47.9 Å². The quantitative estimate of drug-likeness (QED) is 0.330. The Kier molecular flexibility index (Phi) is 6.84. The Bertz CT molecular complexity index is 1280. The van der Waals surface area contributed by atoms with E-state index in [0.29, 0.717) is 12.2 Å². The van der Waals surface area contributed by atoms with Gasteiger partial charge in [0, 0.05) is 36.5 Å². The van der Waals surface area contributed by atoms with Crippen LogP contribution in [0.3, 0.4) is 0 Å². The molecule has 2 heterocycles. The molecule has 0 aliphatic rings. The SMILES string of the molecule is Cc1cccc([C@H](C)c2nccn2C(=O)OCCc2ccccc2-c2ccnc(Cl)n2)c1C. The highest BCUT2D eigenvalue weighted by Crippen LogP contribution is 2.27. The molecule has 0 spiro atoms. The summed E-state index contributed by atoms with van der Waals surface area (Å²) in [4.78, 5) is 25.5. The monoisotopic (exact) mass is 460 g/mol. The largest absolute Gasteiger partial charge is 0.449 e. The lowest BCUT2D eigenvalue weighted by Gasteiger charge is -2.17. The average Bonchev–Trinajstić information content (AvgIpc) is 3.31. The molecule has 0 aliphatic carbocycles. The van der Waals surface area contributed by atoms with Gasteiger partial charge in [-0.05, 0) is 53.8 Å². The number of carbonyl (C=O) groups excluding carboxylic acids is 1. The molecule has 4 aromatic rings. The van der Waals surface area contributed by atoms with Gasteiger partial charge >= 0.3 is 6.09 Å². The van der Waals surface area contributed by atoms with Crippen molar-refractivity contribution >= 4 is 17.7 Å². The molecule has 2 aromatic carbocycles. The Hall–Kier alpha value is -3.51. The summed E-state index contributed by atoms with van der Waals surface area (Å²) in [5, 5.41) is 0.194. The molecular weight excluding hydrogens is 436 g/mol. The summed E-state index contributed by atoms with van der Waals surface area (Å²) in [5.74, 6) is 0.611. The van der Waals surface area contributed by atoms with Crippen LogP contribution in [0.5, 0.6) is 0 Å². The number of hydrogen-bond donors (Lipinski definition) is 0. The van der Waals surface area contributed by atoms with E-state index in [-0.39, 0.29) is 17.8 Å². The predicted octanol–water partition coefficient (Wildman–Crippen LogP) is 5.99. The van der Waals surface area contributed by atoms with Gasteiger partial charge in [-0.3, -0.25) is 0 Å². The minimum Gasteiger partial charge on any atom is -0.449 e. The molecule has 168 valence electrons. The van der Waals surface area contributed by atoms with Crippen LogP contribution >= 0.6 is 11.6 Å². The molecule has 0 radical (unpaired) electrons. The zero-order valence-corrected chi connectivity index (χ0v) is 19.6. The smallest absolute Gasteiger partial charge is 0.419 e. The summed E-state index contributed by atoms with van der Waals surface area (Å²) in [6.45, 7) is 6.45. The summed E-state index contributed by atoms with van der Waals surface area (Å²) >= 11 is 5.95. The number of aryl methyl sites for hydroxylation is 1. The average molecular weight is 461 g/mol. The third-order valence-electron chi connectivity index (χ3n) is 5.88. The maximum absolute atomic E-state index is 12.9. The van der Waals surface area contributed by atoms with Crippen LogP contribution in [0.25, 0.3) is 11.3 Å². The first kappa shape index (κ1) is 22.7. The lowest BCUT2D eigenvalue weighted by Crippen LogP contribution is -2.19. The summed E-state index contributed by atoms with van der Waals surface area (Å²) in [6.07, 6.45) is 5.00. The van der Waals surface area contributed by atoms with Crippen molar-refractivity contribution < 1.29 is 9.53 Å². The zero-order valence-electron chi connectivity index (χ0n) is 18.8. The van der Waals surface area contributed by atoms with Gasteiger partial charge in [0.1, 0.15) is 5.82 Å². The molecule has 0 saturated heterocycles. The number of nitrogens with zero attached hydrogens (tertiary/aromatic N) is 4. The first-order chi connectivity index (χ1) is 16.0. The predicted molar refractivity (Wildman–Crippen MR) is 129 cm³/mol. The second-order valence-corrected chi connectivity index (χ2v) is 8.24. The Labute approximate surface area is 198 Å². The van der Waals surface area contributed by atoms with Gasteiger partial charge in [-0.2, -0.15) is 0 Å². The first-order valence-corrected chi connectivity index (χ1v) is 11.2. The van der Waals surface area contributed by atoms with E-state index in [1.165, 1.54) is 15.7 Å². The van der Waals surface area contributed by atoms with Crippen molar-refractivity contribution in [2.24, 2.45) is 0 Å². The van der Waals surface area contributed by atoms with Crippen LogP contribution in [0, 0.1) is 13.8 Å². The van der Waals surface area contributed by atoms with Crippen LogP contribution in [0.1, 0.15) is 40.9 Å². The number of rotatable bonds is 6. The molecule has 0 aliphatic heterocycles. The van der Waals surface area contributed by atoms with Crippen molar-refractivity contribution in [1.29, 1.82) is 0 Å². The highest BCUT2D eigenvalue weighted by Gasteiger charge is 2.21. The lowest BCUT2D eigenvalue weighted by atomic mass is 9.93. The van der Waals surface area contributed by atoms with Crippen molar-refractivity contribution in [2.75, 3.05) is 6.61 Å². The van der Waals surface area contributed by atoms with Crippen LogP contribution in [0.2, 0.25) is 5.28 Å². The van der Waals surface area contributed by atoms with E-state index in [1.807, 2.05) is 36.4 Å². The summed E-state index contributed by atoms with van der Waals surface area (Å²) < 4.78 is 7.10. The summed E-state index contributed by atoms with van der Waals surface area (Å²) in [5.41, 5.74) is 6.24. The molecule has 7 heteroatoms. The van der Waals surface area contributed by atoms with Crippen LogP contribution < -0.4 is 0 Å². The highest BCUT2D eigenvalue weighted by molar-refractivity contribution is 6.28. The normalized spacial score (nSPS) is 11.9. The minimum absolute atomic E-state index is 0.0457.